The number of pyridine rings is 2. The van der Waals surface area contributed by atoms with Crippen LogP contribution in [-0.2, 0) is 27.0 Å². The van der Waals surface area contributed by atoms with E-state index >= 15 is 0 Å². The first-order valence-corrected chi connectivity index (χ1v) is 11.9. The molecule has 5 nitrogen and oxygen atoms in total. The van der Waals surface area contributed by atoms with Crippen molar-refractivity contribution in [1.82, 2.24) is 0 Å². The summed E-state index contributed by atoms with van der Waals surface area (Å²) in [5, 5.41) is 5.11. The molecule has 5 aromatic rings. The molecule has 9 heteroatoms. The Labute approximate surface area is 230 Å². The highest BCUT2D eigenvalue weighted by Gasteiger charge is 2.33. The van der Waals surface area contributed by atoms with Gasteiger partial charge < -0.3 is 38.7 Å². The van der Waals surface area contributed by atoms with Crippen molar-refractivity contribution in [3.05, 3.63) is 109 Å². The molecule has 2 aliphatic heterocycles. The summed E-state index contributed by atoms with van der Waals surface area (Å²) in [7, 11) is 2.18. The molecule has 4 heterocycles. The molecule has 37 heavy (non-hydrogen) atoms. The van der Waals surface area contributed by atoms with Crippen molar-refractivity contribution < 1.29 is 47.8 Å². The molecule has 0 saturated carbocycles. The maximum absolute atomic E-state index is 6.31. The van der Waals surface area contributed by atoms with Crippen LogP contribution in [0.2, 0.25) is 0 Å². The maximum atomic E-state index is 6.31. The van der Waals surface area contributed by atoms with Gasteiger partial charge in [-0.2, -0.15) is 0 Å². The third-order valence-electron chi connectivity index (χ3n) is 6.82. The summed E-state index contributed by atoms with van der Waals surface area (Å²) in [5.74, 6) is 0. The number of benzene rings is 3. The summed E-state index contributed by atoms with van der Waals surface area (Å²) < 4.78 is 22.2. The Hall–Kier alpha value is -2.93. The Morgan fingerprint density at radius 2 is 0.973 bits per heavy atom. The van der Waals surface area contributed by atoms with Crippen molar-refractivity contribution in [2.24, 2.45) is 0 Å². The van der Waals surface area contributed by atoms with Gasteiger partial charge in [-0.05, 0) is 21.5 Å². The molecule has 0 spiro atoms. The largest absolute Gasteiger partial charge is 1.00 e. The molecule has 7 rings (SSSR count). The fourth-order valence-corrected chi connectivity index (χ4v) is 5.23. The molecule has 0 radical (unpaired) electrons. The summed E-state index contributed by atoms with van der Waals surface area (Å²) in [5.41, 5.74) is 4.47. The number of hydrogen-bond donors (Lipinski definition) is 0. The fraction of sp³-hybridized carbons (Fsp3) is 0.143. The first-order valence-electron chi connectivity index (χ1n) is 11.9. The number of halogens is 2. The minimum Gasteiger partial charge on any atom is -1.00 e. The minimum atomic E-state index is -0.568. The van der Waals surface area contributed by atoms with Crippen LogP contribution in [0.3, 0.4) is 0 Å². The second-order valence-corrected chi connectivity index (χ2v) is 8.94. The van der Waals surface area contributed by atoms with Crippen LogP contribution in [-0.4, -0.2) is 28.5 Å². The van der Waals surface area contributed by atoms with Crippen LogP contribution in [0.15, 0.2) is 97.6 Å². The standard InChI is InChI=1S/C28H26B2N2O3.2ClH/c1-33-29-21-9-7-15-31(17-21)19-27-23-11-3-5-13-25(23)28(26-14-6-4-12-24(26)27)20-32-16-8-10-22(18-32)30(34-2)35-29;;/h3-18H,19-20H2,1-2H3;2*1H/q+2;;/p-2. The summed E-state index contributed by atoms with van der Waals surface area (Å²) in [6.07, 6.45) is 8.39. The van der Waals surface area contributed by atoms with Gasteiger partial charge in [0, 0.05) is 48.4 Å². The van der Waals surface area contributed by atoms with Crippen molar-refractivity contribution in [2.75, 3.05) is 14.2 Å². The quantitative estimate of drug-likeness (QED) is 0.134. The fourth-order valence-electron chi connectivity index (χ4n) is 5.23. The first kappa shape index (κ1) is 27.1. The second-order valence-electron chi connectivity index (χ2n) is 8.94. The SMILES string of the molecule is COB1OB(OC)c2ccc[n+](c2)Cc2c3ccccc3c(c3ccccc23)C[n+]2cccc1c2.[Cl-].[Cl-]. The zero-order valence-corrected chi connectivity index (χ0v) is 22.2. The van der Waals surface area contributed by atoms with Gasteiger partial charge in [0.25, 0.3) is 0 Å². The average molecular weight is 531 g/mol. The lowest BCUT2D eigenvalue weighted by Crippen LogP contribution is -3.00. The summed E-state index contributed by atoms with van der Waals surface area (Å²) >= 11 is 0. The van der Waals surface area contributed by atoms with Gasteiger partial charge in [0.15, 0.2) is 37.9 Å². The molecule has 0 atom stereocenters. The smallest absolute Gasteiger partial charge is 0.486 e. The van der Waals surface area contributed by atoms with Crippen LogP contribution in [0, 0.1) is 0 Å². The van der Waals surface area contributed by atoms with Gasteiger partial charge in [-0.3, -0.25) is 0 Å². The van der Waals surface area contributed by atoms with Crippen LogP contribution >= 0.6 is 0 Å². The van der Waals surface area contributed by atoms with E-state index in [1.165, 1.54) is 32.7 Å². The lowest BCUT2D eigenvalue weighted by molar-refractivity contribution is -0.687. The lowest BCUT2D eigenvalue weighted by Gasteiger charge is -2.16. The topological polar surface area (TPSA) is 35.5 Å². The van der Waals surface area contributed by atoms with E-state index in [1.807, 2.05) is 24.3 Å². The van der Waals surface area contributed by atoms with E-state index in [9.17, 15) is 0 Å². The molecule has 0 aliphatic carbocycles. The molecule has 0 fully saturated rings. The predicted octanol–water partition coefficient (Wildman–Crippen LogP) is -3.61. The van der Waals surface area contributed by atoms with E-state index in [-0.39, 0.29) is 24.8 Å². The van der Waals surface area contributed by atoms with Crippen molar-refractivity contribution >= 4 is 46.7 Å². The van der Waals surface area contributed by atoms with E-state index in [0.717, 1.165) is 24.0 Å². The van der Waals surface area contributed by atoms with E-state index < -0.39 is 14.2 Å². The van der Waals surface area contributed by atoms with Crippen molar-refractivity contribution in [3.8, 4) is 0 Å². The van der Waals surface area contributed by atoms with Gasteiger partial charge in [-0.15, -0.1) is 0 Å². The predicted molar refractivity (Wildman–Crippen MR) is 139 cm³/mol. The average Bonchev–Trinajstić information content (AvgIpc) is 2.91. The third kappa shape index (κ3) is 5.11. The monoisotopic (exact) mass is 530 g/mol. The van der Waals surface area contributed by atoms with Crippen LogP contribution in [0.5, 0.6) is 0 Å². The molecule has 0 N–H and O–H groups in total. The number of rotatable bonds is 2. The van der Waals surface area contributed by atoms with E-state index in [0.29, 0.717) is 0 Å². The zero-order chi connectivity index (χ0) is 23.8. The second kappa shape index (κ2) is 11.6. The Morgan fingerprint density at radius 3 is 1.32 bits per heavy atom. The molecule has 6 bridgehead atoms. The van der Waals surface area contributed by atoms with E-state index in [1.54, 1.807) is 14.2 Å². The van der Waals surface area contributed by atoms with E-state index in [4.69, 9.17) is 13.9 Å². The van der Waals surface area contributed by atoms with Gasteiger partial charge in [-0.1, -0.05) is 60.7 Å². The molecular weight excluding hydrogens is 505 g/mol. The first-order chi connectivity index (χ1) is 17.2. The number of nitrogens with zero attached hydrogens (tertiary/aromatic N) is 2. The van der Waals surface area contributed by atoms with Gasteiger partial charge in [0.2, 0.25) is 0 Å². The van der Waals surface area contributed by atoms with Gasteiger partial charge in [0.05, 0.1) is 0 Å². The van der Waals surface area contributed by atoms with Gasteiger partial charge in [0.1, 0.15) is 0 Å². The Kier molecular flexibility index (Phi) is 8.53. The van der Waals surface area contributed by atoms with Gasteiger partial charge >= 0.3 is 14.2 Å². The van der Waals surface area contributed by atoms with Crippen molar-refractivity contribution in [3.63, 3.8) is 0 Å². The lowest BCUT2D eigenvalue weighted by atomic mass is 9.71. The molecule has 0 unspecified atom stereocenters. The van der Waals surface area contributed by atoms with Crippen LogP contribution < -0.4 is 44.9 Å². The Bertz CT molecular complexity index is 1380. The molecule has 3 aromatic carbocycles. The summed E-state index contributed by atoms with van der Waals surface area (Å²) in [6.45, 7) is 1.47. The third-order valence-corrected chi connectivity index (χ3v) is 6.82. The number of hydrogen-bond acceptors (Lipinski definition) is 3. The molecular formula is C28H26B2Cl2N2O3. The van der Waals surface area contributed by atoms with Crippen molar-refractivity contribution in [1.29, 1.82) is 0 Å². The maximum Gasteiger partial charge on any atom is 0.486 e. The number of aromatic nitrogens is 2. The van der Waals surface area contributed by atoms with Crippen LogP contribution in [0.4, 0.5) is 0 Å². The summed E-state index contributed by atoms with van der Waals surface area (Å²) in [6, 6.07) is 25.6. The molecule has 186 valence electrons. The molecule has 0 amide bonds. The summed E-state index contributed by atoms with van der Waals surface area (Å²) in [4.78, 5) is 0. The molecule has 2 aromatic heterocycles. The van der Waals surface area contributed by atoms with Crippen LogP contribution in [0.25, 0.3) is 21.5 Å². The zero-order valence-electron chi connectivity index (χ0n) is 20.7. The Balaban J connectivity index is 0.00000160. The normalized spacial score (nSPS) is 13.0. The highest BCUT2D eigenvalue weighted by atomic mass is 35.5. The van der Waals surface area contributed by atoms with E-state index in [2.05, 4.69) is 82.5 Å². The minimum absolute atomic E-state index is 0. The Morgan fingerprint density at radius 1 is 0.595 bits per heavy atom. The molecule has 0 saturated heterocycles. The van der Waals surface area contributed by atoms with Crippen molar-refractivity contribution in [2.45, 2.75) is 13.1 Å². The highest BCUT2D eigenvalue weighted by Crippen LogP contribution is 2.33. The highest BCUT2D eigenvalue weighted by molar-refractivity contribution is 6.74. The van der Waals surface area contributed by atoms with Crippen LogP contribution in [0.1, 0.15) is 11.1 Å². The van der Waals surface area contributed by atoms with Gasteiger partial charge in [-0.25, -0.2) is 9.13 Å². The number of fused-ring (bicyclic) bond motifs is 2. The molecule has 2 aliphatic rings.